The molecule has 1 aliphatic carbocycles. The average molecular weight is 378 g/mol. The smallest absolute Gasteiger partial charge is 0.254 e. The minimum Gasteiger partial charge on any atom is -0.497 e. The van der Waals surface area contributed by atoms with E-state index in [-0.39, 0.29) is 17.9 Å². The number of likely N-dealkylation sites (tertiary alicyclic amines) is 1. The molecule has 28 heavy (non-hydrogen) atoms. The number of carbonyl (C=O) groups excluding carboxylic acids is 2. The third-order valence-corrected chi connectivity index (χ3v) is 6.00. The number of methoxy groups -OCH3 is 1. The summed E-state index contributed by atoms with van der Waals surface area (Å²) in [5, 5.41) is 2.99. The summed E-state index contributed by atoms with van der Waals surface area (Å²) >= 11 is 0. The Labute approximate surface area is 165 Å². The molecule has 2 aromatic rings. The Kier molecular flexibility index (Phi) is 5.33. The highest BCUT2D eigenvalue weighted by Crippen LogP contribution is 2.40. The molecule has 0 radical (unpaired) electrons. The maximum Gasteiger partial charge on any atom is 0.254 e. The van der Waals surface area contributed by atoms with Gasteiger partial charge in [-0.3, -0.25) is 9.59 Å². The Morgan fingerprint density at radius 3 is 2.43 bits per heavy atom. The van der Waals surface area contributed by atoms with Crippen molar-refractivity contribution in [1.29, 1.82) is 0 Å². The highest BCUT2D eigenvalue weighted by Gasteiger charge is 2.47. The number of anilines is 1. The predicted molar refractivity (Wildman–Crippen MR) is 108 cm³/mol. The summed E-state index contributed by atoms with van der Waals surface area (Å²) in [6.45, 7) is 0. The fraction of sp³-hybridized carbons (Fsp3) is 0.391. The first-order valence-corrected chi connectivity index (χ1v) is 10.00. The lowest BCUT2D eigenvalue weighted by atomic mass is 9.84. The molecule has 2 fully saturated rings. The molecule has 0 bridgehead atoms. The second-order valence-electron chi connectivity index (χ2n) is 7.66. The Morgan fingerprint density at radius 2 is 1.71 bits per heavy atom. The summed E-state index contributed by atoms with van der Waals surface area (Å²) in [6, 6.07) is 16.3. The summed E-state index contributed by atoms with van der Waals surface area (Å²) in [7, 11) is 1.61. The van der Waals surface area contributed by atoms with E-state index in [9.17, 15) is 9.59 Å². The fourth-order valence-corrected chi connectivity index (χ4v) is 4.62. The maximum absolute atomic E-state index is 13.3. The maximum atomic E-state index is 13.3. The van der Waals surface area contributed by atoms with Crippen LogP contribution in [0.5, 0.6) is 5.75 Å². The Bertz CT molecular complexity index is 835. The van der Waals surface area contributed by atoms with Crippen LogP contribution in [0.15, 0.2) is 54.6 Å². The van der Waals surface area contributed by atoms with Crippen LogP contribution in [0.1, 0.15) is 42.5 Å². The van der Waals surface area contributed by atoms with Crippen LogP contribution in [0.25, 0.3) is 0 Å². The molecule has 4 rings (SSSR count). The third kappa shape index (κ3) is 3.61. The van der Waals surface area contributed by atoms with Gasteiger partial charge in [0, 0.05) is 17.3 Å². The first-order valence-electron chi connectivity index (χ1n) is 10.00. The van der Waals surface area contributed by atoms with Gasteiger partial charge in [0.15, 0.2) is 0 Å². The number of nitrogens with one attached hydrogen (secondary N) is 1. The van der Waals surface area contributed by atoms with E-state index >= 15 is 0 Å². The second kappa shape index (κ2) is 8.05. The molecular formula is C23H26N2O3. The Balaban J connectivity index is 1.57. The van der Waals surface area contributed by atoms with Crippen LogP contribution in [0, 0.1) is 5.92 Å². The molecule has 3 unspecified atom stereocenters. The lowest BCUT2D eigenvalue weighted by Gasteiger charge is -2.33. The highest BCUT2D eigenvalue weighted by atomic mass is 16.5. The number of ether oxygens (including phenoxy) is 1. The fourth-order valence-electron chi connectivity index (χ4n) is 4.62. The van der Waals surface area contributed by atoms with Crippen molar-refractivity contribution in [1.82, 2.24) is 4.90 Å². The molecule has 1 aliphatic heterocycles. The van der Waals surface area contributed by atoms with Crippen molar-refractivity contribution >= 4 is 17.5 Å². The molecule has 1 N–H and O–H groups in total. The lowest BCUT2D eigenvalue weighted by Crippen LogP contribution is -2.47. The minimum absolute atomic E-state index is 0.0371. The molecule has 2 amide bonds. The monoisotopic (exact) mass is 378 g/mol. The molecule has 146 valence electrons. The standard InChI is InChI=1S/C23H26N2O3/c1-28-19-13-11-18(12-14-19)24-22(26)21-15-17-9-5-6-10-20(17)25(21)23(27)16-7-3-2-4-8-16/h2-4,7-8,11-14,17,20-21H,5-6,9-10,15H2,1H3,(H,24,26). The van der Waals surface area contributed by atoms with Gasteiger partial charge in [0.1, 0.15) is 11.8 Å². The van der Waals surface area contributed by atoms with E-state index in [0.717, 1.165) is 31.4 Å². The molecule has 2 aliphatic rings. The topological polar surface area (TPSA) is 58.6 Å². The lowest BCUT2D eigenvalue weighted by molar-refractivity contribution is -0.120. The van der Waals surface area contributed by atoms with Crippen LogP contribution in [-0.4, -0.2) is 35.9 Å². The van der Waals surface area contributed by atoms with Crippen LogP contribution in [0.2, 0.25) is 0 Å². The van der Waals surface area contributed by atoms with Crippen molar-refractivity contribution in [3.63, 3.8) is 0 Å². The molecule has 5 heteroatoms. The number of amides is 2. The molecule has 1 heterocycles. The number of carbonyl (C=O) groups is 2. The molecule has 0 spiro atoms. The van der Waals surface area contributed by atoms with E-state index < -0.39 is 6.04 Å². The summed E-state index contributed by atoms with van der Waals surface area (Å²) in [4.78, 5) is 28.3. The summed E-state index contributed by atoms with van der Waals surface area (Å²) in [5.74, 6) is 1.01. The first kappa shape index (κ1) is 18.5. The summed E-state index contributed by atoms with van der Waals surface area (Å²) in [5.41, 5.74) is 1.36. The van der Waals surface area contributed by atoms with Crippen LogP contribution >= 0.6 is 0 Å². The van der Waals surface area contributed by atoms with Gasteiger partial charge >= 0.3 is 0 Å². The second-order valence-corrected chi connectivity index (χ2v) is 7.66. The molecule has 3 atom stereocenters. The van der Waals surface area contributed by atoms with Crippen molar-refractivity contribution in [3.8, 4) is 5.75 Å². The van der Waals surface area contributed by atoms with Crippen LogP contribution < -0.4 is 10.1 Å². The Morgan fingerprint density at radius 1 is 1.00 bits per heavy atom. The van der Waals surface area contributed by atoms with Crippen molar-refractivity contribution in [2.75, 3.05) is 12.4 Å². The zero-order valence-electron chi connectivity index (χ0n) is 16.1. The number of hydrogen-bond donors (Lipinski definition) is 1. The van der Waals surface area contributed by atoms with E-state index in [2.05, 4.69) is 5.32 Å². The summed E-state index contributed by atoms with van der Waals surface area (Å²) < 4.78 is 5.17. The Hall–Kier alpha value is -2.82. The number of rotatable bonds is 4. The van der Waals surface area contributed by atoms with Gasteiger partial charge in [-0.05, 0) is 61.6 Å². The van der Waals surface area contributed by atoms with Gasteiger partial charge < -0.3 is 15.0 Å². The molecule has 5 nitrogen and oxygen atoms in total. The van der Waals surface area contributed by atoms with Gasteiger partial charge in [0.2, 0.25) is 5.91 Å². The molecule has 0 aromatic heterocycles. The van der Waals surface area contributed by atoms with Gasteiger partial charge in [-0.1, -0.05) is 31.0 Å². The van der Waals surface area contributed by atoms with Gasteiger partial charge in [-0.15, -0.1) is 0 Å². The number of fused-ring (bicyclic) bond motifs is 1. The van der Waals surface area contributed by atoms with E-state index in [1.54, 1.807) is 7.11 Å². The van der Waals surface area contributed by atoms with Gasteiger partial charge in [0.05, 0.1) is 7.11 Å². The van der Waals surface area contributed by atoms with Gasteiger partial charge in [-0.2, -0.15) is 0 Å². The quantitative estimate of drug-likeness (QED) is 0.871. The summed E-state index contributed by atoms with van der Waals surface area (Å²) in [6.07, 6.45) is 5.12. The normalized spacial score (nSPS) is 23.8. The molecule has 2 aromatic carbocycles. The first-order chi connectivity index (χ1) is 13.7. The molecule has 1 saturated heterocycles. The minimum atomic E-state index is -0.428. The van der Waals surface area contributed by atoms with Gasteiger partial charge in [0.25, 0.3) is 5.91 Å². The molecule has 1 saturated carbocycles. The van der Waals surface area contributed by atoms with E-state index in [0.29, 0.717) is 17.2 Å². The van der Waals surface area contributed by atoms with Crippen molar-refractivity contribution in [2.24, 2.45) is 5.92 Å². The van der Waals surface area contributed by atoms with Crippen molar-refractivity contribution < 1.29 is 14.3 Å². The number of benzene rings is 2. The van der Waals surface area contributed by atoms with E-state index in [1.165, 1.54) is 6.42 Å². The largest absolute Gasteiger partial charge is 0.497 e. The zero-order valence-corrected chi connectivity index (χ0v) is 16.1. The predicted octanol–water partition coefficient (Wildman–Crippen LogP) is 4.11. The van der Waals surface area contributed by atoms with Crippen LogP contribution in [-0.2, 0) is 4.79 Å². The van der Waals surface area contributed by atoms with Gasteiger partial charge in [-0.25, -0.2) is 0 Å². The third-order valence-electron chi connectivity index (χ3n) is 6.00. The average Bonchev–Trinajstić information content (AvgIpc) is 3.14. The number of nitrogens with zero attached hydrogens (tertiary/aromatic N) is 1. The van der Waals surface area contributed by atoms with Crippen molar-refractivity contribution in [3.05, 3.63) is 60.2 Å². The highest BCUT2D eigenvalue weighted by molar-refractivity contribution is 6.01. The van der Waals surface area contributed by atoms with Crippen LogP contribution in [0.3, 0.4) is 0 Å². The number of hydrogen-bond acceptors (Lipinski definition) is 3. The van der Waals surface area contributed by atoms with Crippen LogP contribution in [0.4, 0.5) is 5.69 Å². The van der Waals surface area contributed by atoms with E-state index in [1.807, 2.05) is 59.5 Å². The zero-order chi connectivity index (χ0) is 19.5. The van der Waals surface area contributed by atoms with E-state index in [4.69, 9.17) is 4.74 Å². The van der Waals surface area contributed by atoms with Crippen molar-refractivity contribution in [2.45, 2.75) is 44.2 Å². The SMILES string of the molecule is COc1ccc(NC(=O)C2CC3CCCCC3N2C(=O)c2ccccc2)cc1. The molecular weight excluding hydrogens is 352 g/mol.